The number of amides is 2. The number of rotatable bonds is 5. The highest BCUT2D eigenvalue weighted by Crippen LogP contribution is 2.16. The fourth-order valence-electron chi connectivity index (χ4n) is 2.65. The van der Waals surface area contributed by atoms with E-state index < -0.39 is 18.0 Å². The second-order valence-electron chi connectivity index (χ2n) is 6.16. The zero-order valence-electron chi connectivity index (χ0n) is 15.8. The van der Waals surface area contributed by atoms with Crippen molar-refractivity contribution in [2.75, 3.05) is 19.8 Å². The van der Waals surface area contributed by atoms with Gasteiger partial charge in [-0.15, -0.1) is 0 Å². The highest BCUT2D eigenvalue weighted by Gasteiger charge is 2.24. The molecule has 0 saturated carbocycles. The first-order valence-corrected chi connectivity index (χ1v) is 8.75. The number of fused-ring (bicyclic) bond motifs is 1. The molecular weight excluding hydrogens is 364 g/mol. The van der Waals surface area contributed by atoms with Crippen molar-refractivity contribution in [3.8, 4) is 0 Å². The van der Waals surface area contributed by atoms with Crippen molar-refractivity contribution in [3.05, 3.63) is 46.4 Å². The first-order valence-electron chi connectivity index (χ1n) is 8.75. The summed E-state index contributed by atoms with van der Waals surface area (Å²) in [5.74, 6) is -1.18. The van der Waals surface area contributed by atoms with Crippen LogP contribution in [0.2, 0.25) is 0 Å². The summed E-state index contributed by atoms with van der Waals surface area (Å²) in [6.07, 6.45) is 0. The van der Waals surface area contributed by atoms with E-state index >= 15 is 0 Å². The maximum Gasteiger partial charge on any atom is 0.338 e. The fourth-order valence-corrected chi connectivity index (χ4v) is 2.65. The number of nitrogens with zero attached hydrogens (tertiary/aromatic N) is 2. The van der Waals surface area contributed by atoms with Gasteiger partial charge >= 0.3 is 18.0 Å². The summed E-state index contributed by atoms with van der Waals surface area (Å²) < 4.78 is 10.2. The normalized spacial score (nSPS) is 13.8. The molecule has 9 heteroatoms. The minimum atomic E-state index is -0.606. The number of carbonyl (C=O) groups is 3. The molecule has 1 aliphatic heterocycles. The van der Waals surface area contributed by atoms with E-state index in [0.717, 1.165) is 11.4 Å². The third-order valence-electron chi connectivity index (χ3n) is 4.23. The number of benzene rings is 1. The summed E-state index contributed by atoms with van der Waals surface area (Å²) >= 11 is 0. The quantitative estimate of drug-likeness (QED) is 0.750. The zero-order valence-corrected chi connectivity index (χ0v) is 15.8. The van der Waals surface area contributed by atoms with E-state index in [0.29, 0.717) is 16.6 Å². The van der Waals surface area contributed by atoms with Crippen molar-refractivity contribution < 1.29 is 23.9 Å². The third-order valence-corrected chi connectivity index (χ3v) is 4.23. The molecule has 0 spiro atoms. The van der Waals surface area contributed by atoms with Crippen molar-refractivity contribution in [2.24, 2.45) is 0 Å². The lowest BCUT2D eigenvalue weighted by Gasteiger charge is -2.21. The van der Waals surface area contributed by atoms with Crippen LogP contribution in [0, 0.1) is 13.8 Å². The third kappa shape index (κ3) is 4.08. The number of nitrogens with one attached hydrogen (secondary N) is 2. The van der Waals surface area contributed by atoms with Gasteiger partial charge in [0.15, 0.2) is 0 Å². The van der Waals surface area contributed by atoms with Crippen molar-refractivity contribution in [3.63, 3.8) is 0 Å². The molecule has 1 aromatic carbocycles. The van der Waals surface area contributed by atoms with Crippen molar-refractivity contribution in [1.29, 1.82) is 0 Å². The van der Waals surface area contributed by atoms with Crippen LogP contribution in [0.1, 0.15) is 28.7 Å². The highest BCUT2D eigenvalue weighted by molar-refractivity contribution is 5.95. The van der Waals surface area contributed by atoms with Gasteiger partial charge in [-0.05, 0) is 39.0 Å². The molecule has 28 heavy (non-hydrogen) atoms. The summed E-state index contributed by atoms with van der Waals surface area (Å²) in [4.78, 5) is 44.8. The Morgan fingerprint density at radius 1 is 1.07 bits per heavy atom. The van der Waals surface area contributed by atoms with Gasteiger partial charge in [-0.25, -0.2) is 24.4 Å². The van der Waals surface area contributed by atoms with Crippen molar-refractivity contribution in [2.45, 2.75) is 20.8 Å². The van der Waals surface area contributed by atoms with E-state index in [1.54, 1.807) is 25.1 Å². The van der Waals surface area contributed by atoms with Gasteiger partial charge in [0.2, 0.25) is 0 Å². The van der Waals surface area contributed by atoms with E-state index in [-0.39, 0.29) is 31.0 Å². The molecule has 0 atom stereocenters. The number of hydrogen-bond donors (Lipinski definition) is 2. The van der Waals surface area contributed by atoms with Crippen LogP contribution in [0.4, 0.5) is 4.79 Å². The first-order chi connectivity index (χ1) is 13.4. The Morgan fingerprint density at radius 2 is 1.79 bits per heavy atom. The van der Waals surface area contributed by atoms with Crippen LogP contribution in [-0.4, -0.2) is 47.7 Å². The molecular formula is C19H20N4O5. The molecule has 0 saturated heterocycles. The molecule has 0 radical (unpaired) electrons. The molecule has 1 aromatic heterocycles. The van der Waals surface area contributed by atoms with E-state index in [4.69, 9.17) is 9.47 Å². The van der Waals surface area contributed by atoms with Crippen LogP contribution in [0.3, 0.4) is 0 Å². The van der Waals surface area contributed by atoms with E-state index in [1.165, 1.54) is 0 Å². The summed E-state index contributed by atoms with van der Waals surface area (Å²) in [6.45, 7) is 5.32. The van der Waals surface area contributed by atoms with Gasteiger partial charge in [-0.1, -0.05) is 0 Å². The number of hydrogen-bond acceptors (Lipinski definition) is 7. The molecule has 2 heterocycles. The predicted octanol–water partition coefficient (Wildman–Crippen LogP) is 1.53. The smallest absolute Gasteiger partial charge is 0.338 e. The lowest BCUT2D eigenvalue weighted by atomic mass is 10.1. The average Bonchev–Trinajstić information content (AvgIpc) is 2.67. The monoisotopic (exact) mass is 384 g/mol. The molecule has 2 N–H and O–H groups in total. The van der Waals surface area contributed by atoms with Crippen LogP contribution in [-0.2, 0) is 14.3 Å². The fraction of sp³-hybridized carbons (Fsp3) is 0.316. The Hall–Kier alpha value is -3.49. The van der Waals surface area contributed by atoms with Crippen LogP contribution in [0.5, 0.6) is 0 Å². The second kappa shape index (κ2) is 8.03. The van der Waals surface area contributed by atoms with Crippen LogP contribution < -0.4 is 10.6 Å². The van der Waals surface area contributed by atoms with Crippen molar-refractivity contribution in [1.82, 2.24) is 20.6 Å². The molecule has 2 aromatic rings. The predicted molar refractivity (Wildman–Crippen MR) is 99.5 cm³/mol. The van der Waals surface area contributed by atoms with Gasteiger partial charge in [0.05, 0.1) is 52.4 Å². The number of esters is 2. The molecule has 146 valence electrons. The Morgan fingerprint density at radius 3 is 2.50 bits per heavy atom. The maximum atomic E-state index is 12.4. The molecule has 3 rings (SSSR count). The summed E-state index contributed by atoms with van der Waals surface area (Å²) in [5, 5.41) is 4.97. The van der Waals surface area contributed by atoms with Gasteiger partial charge in [-0.2, -0.15) is 0 Å². The van der Waals surface area contributed by atoms with E-state index in [9.17, 15) is 14.4 Å². The first kappa shape index (κ1) is 19.3. The molecule has 0 aliphatic carbocycles. The SMILES string of the molecule is CCOC(=O)C1=C(COC(=O)c2ccc3nc(C)c(C)nc3c2)NC(=O)NC1. The molecule has 2 amide bonds. The van der Waals surface area contributed by atoms with Gasteiger partial charge < -0.3 is 20.1 Å². The topological polar surface area (TPSA) is 120 Å². The number of aryl methyl sites for hydroxylation is 2. The minimum Gasteiger partial charge on any atom is -0.463 e. The molecule has 0 bridgehead atoms. The second-order valence-corrected chi connectivity index (χ2v) is 6.16. The summed E-state index contributed by atoms with van der Waals surface area (Å²) in [7, 11) is 0. The van der Waals surface area contributed by atoms with Crippen LogP contribution in [0.15, 0.2) is 29.5 Å². The van der Waals surface area contributed by atoms with Crippen molar-refractivity contribution >= 4 is 29.0 Å². The van der Waals surface area contributed by atoms with Crippen LogP contribution >= 0.6 is 0 Å². The van der Waals surface area contributed by atoms with Gasteiger partial charge in [-0.3, -0.25) is 0 Å². The average molecular weight is 384 g/mol. The Bertz CT molecular complexity index is 999. The van der Waals surface area contributed by atoms with Gasteiger partial charge in [0, 0.05) is 0 Å². The lowest BCUT2D eigenvalue weighted by Crippen LogP contribution is -2.45. The number of urea groups is 1. The summed E-state index contributed by atoms with van der Waals surface area (Å²) in [6, 6.07) is 4.40. The van der Waals surface area contributed by atoms with E-state index in [1.807, 2.05) is 13.8 Å². The minimum absolute atomic E-state index is 0.00173. The Balaban J connectivity index is 1.78. The van der Waals surface area contributed by atoms with Crippen LogP contribution in [0.25, 0.3) is 11.0 Å². The molecule has 0 unspecified atom stereocenters. The number of carbonyl (C=O) groups excluding carboxylic acids is 3. The van der Waals surface area contributed by atoms with Gasteiger partial charge in [0.25, 0.3) is 0 Å². The number of ether oxygens (including phenoxy) is 2. The molecule has 1 aliphatic rings. The lowest BCUT2D eigenvalue weighted by molar-refractivity contribution is -0.138. The molecule has 9 nitrogen and oxygen atoms in total. The van der Waals surface area contributed by atoms with E-state index in [2.05, 4.69) is 20.6 Å². The summed E-state index contributed by atoms with van der Waals surface area (Å²) in [5.41, 5.74) is 3.57. The van der Waals surface area contributed by atoms with Gasteiger partial charge in [0.1, 0.15) is 6.61 Å². The standard InChI is InChI=1S/C19H20N4O5/c1-4-27-18(25)13-8-20-19(26)23-16(13)9-28-17(24)12-5-6-14-15(7-12)22-11(3)10(2)21-14/h5-7H,4,8-9H2,1-3H3,(H2,20,23,26). The largest absolute Gasteiger partial charge is 0.463 e. The Labute approximate surface area is 161 Å². The number of aromatic nitrogens is 2. The molecule has 0 fully saturated rings. The Kier molecular flexibility index (Phi) is 5.53. The zero-order chi connectivity index (χ0) is 20.3. The highest BCUT2D eigenvalue weighted by atomic mass is 16.5. The maximum absolute atomic E-state index is 12.4.